The van der Waals surface area contributed by atoms with Crippen LogP contribution in [-0.2, 0) is 25.3 Å². The molecule has 1 saturated heterocycles. The third-order valence-corrected chi connectivity index (χ3v) is 9.70. The predicted molar refractivity (Wildman–Crippen MR) is 101 cm³/mol. The number of aliphatic hydroxyl groups is 1. The minimum Gasteiger partial charge on any atom is -0.497 e. The van der Waals surface area contributed by atoms with Crippen molar-refractivity contribution in [3.05, 3.63) is 29.8 Å². The highest BCUT2D eigenvalue weighted by molar-refractivity contribution is 6.74. The van der Waals surface area contributed by atoms with Crippen LogP contribution in [0.15, 0.2) is 24.3 Å². The molecule has 0 bridgehead atoms. The van der Waals surface area contributed by atoms with Crippen LogP contribution >= 0.6 is 0 Å². The fourth-order valence-electron chi connectivity index (χ4n) is 2.37. The van der Waals surface area contributed by atoms with Crippen LogP contribution < -0.4 is 4.74 Å². The summed E-state index contributed by atoms with van der Waals surface area (Å²) < 4.78 is 22.4. The van der Waals surface area contributed by atoms with E-state index in [1.54, 1.807) is 7.11 Å². The van der Waals surface area contributed by atoms with Crippen LogP contribution in [0, 0.1) is 0 Å². The number of benzene rings is 1. The molecule has 1 aromatic carbocycles. The van der Waals surface area contributed by atoms with Crippen molar-refractivity contribution in [2.24, 2.45) is 0 Å². The summed E-state index contributed by atoms with van der Waals surface area (Å²) in [7, 11) is -0.378. The first-order chi connectivity index (χ1) is 12.0. The number of esters is 1. The van der Waals surface area contributed by atoms with Crippen LogP contribution in [0.5, 0.6) is 5.75 Å². The topological polar surface area (TPSA) is 74.2 Å². The van der Waals surface area contributed by atoms with Crippen LogP contribution in [0.4, 0.5) is 0 Å². The molecule has 1 aliphatic heterocycles. The molecule has 1 fully saturated rings. The summed E-state index contributed by atoms with van der Waals surface area (Å²) in [5, 5.41) is 10.2. The minimum atomic E-state index is -1.99. The largest absolute Gasteiger partial charge is 0.497 e. The number of rotatable bonds is 7. The van der Waals surface area contributed by atoms with E-state index in [4.69, 9.17) is 18.6 Å². The van der Waals surface area contributed by atoms with Crippen molar-refractivity contribution in [1.82, 2.24) is 0 Å². The average molecular weight is 383 g/mol. The van der Waals surface area contributed by atoms with E-state index in [9.17, 15) is 9.90 Å². The zero-order chi connectivity index (χ0) is 19.5. The van der Waals surface area contributed by atoms with Crippen molar-refractivity contribution in [1.29, 1.82) is 0 Å². The van der Waals surface area contributed by atoms with E-state index in [1.165, 1.54) is 0 Å². The summed E-state index contributed by atoms with van der Waals surface area (Å²) in [4.78, 5) is 11.8. The van der Waals surface area contributed by atoms with Crippen LogP contribution in [0.2, 0.25) is 18.1 Å². The van der Waals surface area contributed by atoms with Gasteiger partial charge in [0.2, 0.25) is 0 Å². The van der Waals surface area contributed by atoms with Gasteiger partial charge in [-0.3, -0.25) is 0 Å². The lowest BCUT2D eigenvalue weighted by Crippen LogP contribution is -2.45. The molecule has 0 radical (unpaired) electrons. The Morgan fingerprint density at radius 1 is 1.19 bits per heavy atom. The summed E-state index contributed by atoms with van der Waals surface area (Å²) in [5.74, 6) is 0.0994. The lowest BCUT2D eigenvalue weighted by Gasteiger charge is -2.37. The van der Waals surface area contributed by atoms with E-state index < -0.39 is 32.6 Å². The fourth-order valence-corrected chi connectivity index (χ4v) is 3.39. The normalized spacial score (nSPS) is 23.8. The first-order valence-electron chi connectivity index (χ1n) is 8.82. The summed E-state index contributed by atoms with van der Waals surface area (Å²) in [5.41, 5.74) is 0.918. The van der Waals surface area contributed by atoms with Gasteiger partial charge >= 0.3 is 5.97 Å². The number of cyclic esters (lactones) is 1. The van der Waals surface area contributed by atoms with Gasteiger partial charge in [-0.15, -0.1) is 0 Å². The molecule has 1 aliphatic rings. The SMILES string of the molecule is COc1ccc(CO[C@H]2[C@H](O)C(=O)O[C@@H]2CO[Si](C)(C)C(C)(C)C)cc1. The third-order valence-electron chi connectivity index (χ3n) is 5.20. The Hall–Kier alpha value is -1.41. The van der Waals surface area contributed by atoms with Gasteiger partial charge in [-0.2, -0.15) is 0 Å². The molecular formula is C19H30O6Si. The van der Waals surface area contributed by atoms with E-state index in [1.807, 2.05) is 24.3 Å². The van der Waals surface area contributed by atoms with Crippen molar-refractivity contribution < 1.29 is 28.5 Å². The molecular weight excluding hydrogens is 352 g/mol. The summed E-state index contributed by atoms with van der Waals surface area (Å²) in [6.45, 7) is 11.2. The number of carbonyl (C=O) groups is 1. The van der Waals surface area contributed by atoms with Crippen LogP contribution in [0.1, 0.15) is 26.3 Å². The summed E-state index contributed by atoms with van der Waals surface area (Å²) >= 11 is 0. The summed E-state index contributed by atoms with van der Waals surface area (Å²) in [6, 6.07) is 7.43. The monoisotopic (exact) mass is 382 g/mol. The molecule has 146 valence electrons. The van der Waals surface area contributed by atoms with E-state index >= 15 is 0 Å². The van der Waals surface area contributed by atoms with E-state index in [-0.39, 0.29) is 18.3 Å². The molecule has 0 aromatic heterocycles. The highest BCUT2D eigenvalue weighted by Crippen LogP contribution is 2.37. The number of hydrogen-bond donors (Lipinski definition) is 1. The molecule has 0 aliphatic carbocycles. The van der Waals surface area contributed by atoms with Gasteiger partial charge in [-0.05, 0) is 35.8 Å². The molecule has 1 aromatic rings. The molecule has 26 heavy (non-hydrogen) atoms. The van der Waals surface area contributed by atoms with Crippen molar-refractivity contribution in [3.63, 3.8) is 0 Å². The predicted octanol–water partition coefficient (Wildman–Crippen LogP) is 2.89. The van der Waals surface area contributed by atoms with Crippen molar-refractivity contribution in [2.75, 3.05) is 13.7 Å². The minimum absolute atomic E-state index is 0.0493. The van der Waals surface area contributed by atoms with Crippen LogP contribution in [0.25, 0.3) is 0 Å². The average Bonchev–Trinajstić information content (AvgIpc) is 2.85. The van der Waals surface area contributed by atoms with E-state index in [0.717, 1.165) is 11.3 Å². The molecule has 3 atom stereocenters. The maximum atomic E-state index is 11.8. The number of aliphatic hydroxyl groups excluding tert-OH is 1. The molecule has 1 heterocycles. The number of ether oxygens (including phenoxy) is 3. The fraction of sp³-hybridized carbons (Fsp3) is 0.632. The van der Waals surface area contributed by atoms with E-state index in [2.05, 4.69) is 33.9 Å². The van der Waals surface area contributed by atoms with Gasteiger partial charge in [-0.25, -0.2) is 4.79 Å². The quantitative estimate of drug-likeness (QED) is 0.577. The van der Waals surface area contributed by atoms with Gasteiger partial charge in [0.05, 0.1) is 20.3 Å². The summed E-state index contributed by atoms with van der Waals surface area (Å²) in [6.07, 6.45) is -2.64. The maximum Gasteiger partial charge on any atom is 0.338 e. The highest BCUT2D eigenvalue weighted by atomic mass is 28.4. The Labute approximate surface area is 156 Å². The Bertz CT molecular complexity index is 607. The van der Waals surface area contributed by atoms with Gasteiger partial charge < -0.3 is 23.7 Å². The molecule has 0 amide bonds. The van der Waals surface area contributed by atoms with Gasteiger partial charge in [0, 0.05) is 0 Å². The van der Waals surface area contributed by atoms with Gasteiger partial charge in [0.1, 0.15) is 11.9 Å². The second-order valence-corrected chi connectivity index (χ2v) is 12.9. The number of methoxy groups -OCH3 is 1. The van der Waals surface area contributed by atoms with Crippen molar-refractivity contribution in [2.45, 2.75) is 63.8 Å². The van der Waals surface area contributed by atoms with Crippen LogP contribution in [-0.4, -0.2) is 51.4 Å². The smallest absolute Gasteiger partial charge is 0.338 e. The lowest BCUT2D eigenvalue weighted by atomic mass is 10.1. The van der Waals surface area contributed by atoms with Gasteiger partial charge in [-0.1, -0.05) is 32.9 Å². The van der Waals surface area contributed by atoms with Crippen LogP contribution in [0.3, 0.4) is 0 Å². The first kappa shape index (κ1) is 20.9. The third kappa shape index (κ3) is 4.85. The number of carbonyl (C=O) groups excluding carboxylic acids is 1. The molecule has 7 heteroatoms. The molecule has 0 unspecified atom stereocenters. The highest BCUT2D eigenvalue weighted by Gasteiger charge is 2.46. The zero-order valence-electron chi connectivity index (χ0n) is 16.4. The second-order valence-electron chi connectivity index (χ2n) is 8.12. The van der Waals surface area contributed by atoms with Gasteiger partial charge in [0.25, 0.3) is 0 Å². The molecule has 2 rings (SSSR count). The molecule has 1 N–H and O–H groups in total. The Morgan fingerprint density at radius 3 is 2.35 bits per heavy atom. The zero-order valence-corrected chi connectivity index (χ0v) is 17.4. The van der Waals surface area contributed by atoms with Crippen molar-refractivity contribution >= 4 is 14.3 Å². The molecule has 0 spiro atoms. The van der Waals surface area contributed by atoms with Gasteiger partial charge in [0.15, 0.2) is 20.5 Å². The Morgan fingerprint density at radius 2 is 1.81 bits per heavy atom. The van der Waals surface area contributed by atoms with Crippen molar-refractivity contribution in [3.8, 4) is 5.75 Å². The molecule has 6 nitrogen and oxygen atoms in total. The lowest BCUT2D eigenvalue weighted by molar-refractivity contribution is -0.148. The first-order valence-corrected chi connectivity index (χ1v) is 11.7. The Kier molecular flexibility index (Phi) is 6.49. The second kappa shape index (κ2) is 8.08. The maximum absolute atomic E-state index is 11.8. The van der Waals surface area contributed by atoms with E-state index in [0.29, 0.717) is 0 Å². The number of hydrogen-bond acceptors (Lipinski definition) is 6. The Balaban J connectivity index is 1.98. The standard InChI is InChI=1S/C19H30O6Si/c1-19(2,3)26(5,6)24-12-15-17(16(20)18(21)25-15)23-11-13-7-9-14(22-4)10-8-13/h7-10,15-17,20H,11-12H2,1-6H3/t15-,16+,17-/m1/s1. The molecule has 0 saturated carbocycles.